The fourth-order valence-corrected chi connectivity index (χ4v) is 5.21. The van der Waals surface area contributed by atoms with Crippen molar-refractivity contribution >= 4 is 34.1 Å². The lowest BCUT2D eigenvalue weighted by Gasteiger charge is -2.22. The molecule has 1 atom stereocenters. The van der Waals surface area contributed by atoms with Crippen LogP contribution >= 0.6 is 11.6 Å². The van der Waals surface area contributed by atoms with E-state index in [1.807, 2.05) is 67.6 Å². The number of halogens is 1. The summed E-state index contributed by atoms with van der Waals surface area (Å²) in [6, 6.07) is 22.8. The molecule has 39 heavy (non-hydrogen) atoms. The Morgan fingerprint density at radius 3 is 2.56 bits per heavy atom. The summed E-state index contributed by atoms with van der Waals surface area (Å²) in [7, 11) is 0. The second kappa shape index (κ2) is 10.3. The first-order valence-electron chi connectivity index (χ1n) is 12.7. The third-order valence-corrected chi connectivity index (χ3v) is 7.26. The number of aryl methyl sites for hydroxylation is 2. The molecule has 3 aromatic carbocycles. The number of pyridine rings is 1. The van der Waals surface area contributed by atoms with Crippen molar-refractivity contribution in [1.82, 2.24) is 15.0 Å². The third kappa shape index (κ3) is 4.89. The van der Waals surface area contributed by atoms with Gasteiger partial charge in [-0.2, -0.15) is 5.10 Å². The number of rotatable bonds is 6. The van der Waals surface area contributed by atoms with E-state index in [-0.39, 0.29) is 23.9 Å². The molecule has 2 aromatic heterocycles. The molecule has 5 aromatic rings. The first-order chi connectivity index (χ1) is 19.0. The van der Waals surface area contributed by atoms with Gasteiger partial charge in [0.25, 0.3) is 5.56 Å². The molecule has 0 spiro atoms. The number of carbonyl (C=O) groups is 1. The Bertz CT molecular complexity index is 1740. The van der Waals surface area contributed by atoms with Crippen LogP contribution < -0.4 is 5.56 Å². The van der Waals surface area contributed by atoms with Gasteiger partial charge in [-0.05, 0) is 36.2 Å². The molecule has 0 saturated carbocycles. The van der Waals surface area contributed by atoms with Gasteiger partial charge in [0.05, 0.1) is 23.5 Å². The van der Waals surface area contributed by atoms with Crippen LogP contribution in [0.3, 0.4) is 0 Å². The van der Waals surface area contributed by atoms with Crippen molar-refractivity contribution in [2.75, 3.05) is 0 Å². The Kier molecular flexibility index (Phi) is 6.59. The van der Waals surface area contributed by atoms with E-state index in [2.05, 4.69) is 9.97 Å². The van der Waals surface area contributed by atoms with E-state index < -0.39 is 0 Å². The molecular weight excluding hydrogens is 512 g/mol. The largest absolute Gasteiger partial charge is 0.449 e. The predicted molar refractivity (Wildman–Crippen MR) is 152 cm³/mol. The Morgan fingerprint density at radius 2 is 1.82 bits per heavy atom. The van der Waals surface area contributed by atoms with E-state index in [1.54, 1.807) is 18.3 Å². The summed E-state index contributed by atoms with van der Waals surface area (Å²) in [5.74, 6) is 0.327. The van der Waals surface area contributed by atoms with Crippen LogP contribution in [-0.2, 0) is 11.2 Å². The molecule has 0 aliphatic carbocycles. The number of carbonyl (C=O) groups excluding carboxylic acids is 1. The van der Waals surface area contributed by atoms with E-state index in [0.717, 1.165) is 33.2 Å². The van der Waals surface area contributed by atoms with Gasteiger partial charge in [0, 0.05) is 40.8 Å². The molecular formula is C31H25ClN4O3. The van der Waals surface area contributed by atoms with Crippen molar-refractivity contribution in [1.29, 1.82) is 0 Å². The van der Waals surface area contributed by atoms with Crippen molar-refractivity contribution < 1.29 is 9.21 Å². The number of aromatic amines is 1. The second-order valence-corrected chi connectivity index (χ2v) is 10.0. The molecule has 7 nitrogen and oxygen atoms in total. The van der Waals surface area contributed by atoms with Crippen molar-refractivity contribution in [3.63, 3.8) is 0 Å². The number of H-pyrrole nitrogens is 1. The van der Waals surface area contributed by atoms with Crippen molar-refractivity contribution in [2.45, 2.75) is 32.2 Å². The molecule has 6 rings (SSSR count). The van der Waals surface area contributed by atoms with Gasteiger partial charge in [-0.1, -0.05) is 71.8 Å². The molecule has 0 saturated heterocycles. The number of benzene rings is 3. The van der Waals surface area contributed by atoms with E-state index in [0.29, 0.717) is 35.0 Å². The van der Waals surface area contributed by atoms with Gasteiger partial charge in [-0.25, -0.2) is 9.99 Å². The van der Waals surface area contributed by atoms with E-state index in [4.69, 9.17) is 21.1 Å². The Morgan fingerprint density at radius 1 is 1.05 bits per heavy atom. The maximum atomic E-state index is 13.6. The number of hydrogen-bond acceptors (Lipinski definition) is 5. The van der Waals surface area contributed by atoms with Gasteiger partial charge in [0.1, 0.15) is 6.26 Å². The number of nitrogens with zero attached hydrogens (tertiary/aromatic N) is 3. The molecule has 3 heterocycles. The normalized spacial score (nSPS) is 15.1. The zero-order valence-corrected chi connectivity index (χ0v) is 22.0. The van der Waals surface area contributed by atoms with Crippen molar-refractivity contribution in [2.24, 2.45) is 5.10 Å². The Balaban J connectivity index is 1.48. The monoisotopic (exact) mass is 536 g/mol. The number of oxazole rings is 1. The summed E-state index contributed by atoms with van der Waals surface area (Å²) in [5, 5.41) is 7.82. The van der Waals surface area contributed by atoms with Crippen LogP contribution in [0.1, 0.15) is 41.5 Å². The summed E-state index contributed by atoms with van der Waals surface area (Å²) in [4.78, 5) is 34.3. The molecule has 0 bridgehead atoms. The molecule has 1 N–H and O–H groups in total. The minimum Gasteiger partial charge on any atom is -0.449 e. The number of hydrazone groups is 1. The van der Waals surface area contributed by atoms with Gasteiger partial charge >= 0.3 is 0 Å². The van der Waals surface area contributed by atoms with Crippen LogP contribution in [0.5, 0.6) is 0 Å². The standard InChI is InChI=1S/C31H25ClN4O3/c1-19-6-8-20(9-7-19)26-18-25(35-36(26)28(37)15-14-27-33-16-17-39-27)30-29(21-10-12-22(32)13-11-21)23-4-2-3-5-24(23)34-31(30)38/h2-13,16-17,26H,14-15,18H2,1H3,(H,34,38)/t26-/m0/s1. The molecule has 8 heteroatoms. The highest BCUT2D eigenvalue weighted by molar-refractivity contribution is 6.30. The lowest BCUT2D eigenvalue weighted by atomic mass is 9.91. The van der Waals surface area contributed by atoms with Gasteiger partial charge < -0.3 is 9.40 Å². The van der Waals surface area contributed by atoms with E-state index in [9.17, 15) is 9.59 Å². The highest BCUT2D eigenvalue weighted by Crippen LogP contribution is 2.37. The third-order valence-electron chi connectivity index (χ3n) is 7.01. The maximum absolute atomic E-state index is 13.6. The number of nitrogens with one attached hydrogen (secondary N) is 1. The number of fused-ring (bicyclic) bond motifs is 1. The molecule has 1 aliphatic rings. The van der Waals surface area contributed by atoms with Crippen LogP contribution in [-0.4, -0.2) is 26.6 Å². The quantitative estimate of drug-likeness (QED) is 0.270. The summed E-state index contributed by atoms with van der Waals surface area (Å²) in [6.07, 6.45) is 3.99. The average molecular weight is 537 g/mol. The fraction of sp³-hybridized carbons (Fsp3) is 0.161. The van der Waals surface area contributed by atoms with Crippen LogP contribution in [0.4, 0.5) is 0 Å². The summed E-state index contributed by atoms with van der Waals surface area (Å²) in [5.41, 5.74) is 5.17. The predicted octanol–water partition coefficient (Wildman–Crippen LogP) is 6.46. The summed E-state index contributed by atoms with van der Waals surface area (Å²) >= 11 is 6.19. The molecule has 0 unspecified atom stereocenters. The summed E-state index contributed by atoms with van der Waals surface area (Å²) in [6.45, 7) is 2.02. The average Bonchev–Trinajstić information content (AvgIpc) is 3.63. The van der Waals surface area contributed by atoms with E-state index >= 15 is 0 Å². The number of hydrogen-bond donors (Lipinski definition) is 1. The zero-order valence-electron chi connectivity index (χ0n) is 21.2. The minimum atomic E-state index is -0.346. The van der Waals surface area contributed by atoms with Crippen molar-refractivity contribution in [3.05, 3.63) is 123 Å². The van der Waals surface area contributed by atoms with E-state index in [1.165, 1.54) is 11.3 Å². The first-order valence-corrected chi connectivity index (χ1v) is 13.1. The number of aromatic nitrogens is 2. The number of amides is 1. The van der Waals surface area contributed by atoms with Crippen LogP contribution in [0.15, 0.2) is 99.6 Å². The molecule has 194 valence electrons. The van der Waals surface area contributed by atoms with Gasteiger partial charge in [0.2, 0.25) is 5.91 Å². The van der Waals surface area contributed by atoms with Gasteiger partial charge in [-0.15, -0.1) is 0 Å². The van der Waals surface area contributed by atoms with Crippen LogP contribution in [0.2, 0.25) is 5.02 Å². The first kappa shape index (κ1) is 24.8. The molecule has 0 fully saturated rings. The SMILES string of the molecule is Cc1ccc([C@@H]2CC(c3c(-c4ccc(Cl)cc4)c4ccccc4[nH]c3=O)=NN2C(=O)CCc2ncco2)cc1. The molecule has 1 amide bonds. The van der Waals surface area contributed by atoms with Crippen molar-refractivity contribution in [3.8, 4) is 11.1 Å². The lowest BCUT2D eigenvalue weighted by Crippen LogP contribution is -2.27. The number of para-hydroxylation sites is 1. The summed E-state index contributed by atoms with van der Waals surface area (Å²) < 4.78 is 5.32. The Labute approximate surface area is 229 Å². The fourth-order valence-electron chi connectivity index (χ4n) is 5.08. The maximum Gasteiger partial charge on any atom is 0.258 e. The van der Waals surface area contributed by atoms with Gasteiger partial charge in [0.15, 0.2) is 5.89 Å². The highest BCUT2D eigenvalue weighted by atomic mass is 35.5. The van der Waals surface area contributed by atoms with Crippen LogP contribution in [0.25, 0.3) is 22.0 Å². The van der Waals surface area contributed by atoms with Crippen LogP contribution in [0, 0.1) is 6.92 Å². The smallest absolute Gasteiger partial charge is 0.258 e. The van der Waals surface area contributed by atoms with Gasteiger partial charge in [-0.3, -0.25) is 9.59 Å². The molecule has 0 radical (unpaired) electrons. The zero-order chi connectivity index (χ0) is 26.9. The minimum absolute atomic E-state index is 0.168. The molecule has 1 aliphatic heterocycles. The lowest BCUT2D eigenvalue weighted by molar-refractivity contribution is -0.133. The second-order valence-electron chi connectivity index (χ2n) is 9.60. The Hall–Kier alpha value is -4.49. The topological polar surface area (TPSA) is 91.6 Å². The highest BCUT2D eigenvalue weighted by Gasteiger charge is 2.35.